The van der Waals surface area contributed by atoms with Crippen molar-refractivity contribution in [3.63, 3.8) is 0 Å². The Kier molecular flexibility index (Phi) is 5.73. The molecule has 2 N–H and O–H groups in total. The van der Waals surface area contributed by atoms with Crippen LogP contribution in [0.25, 0.3) is 5.69 Å². The number of rotatable bonds is 6. The number of nitrogens with one attached hydrogen (secondary N) is 1. The Morgan fingerprint density at radius 3 is 2.62 bits per heavy atom. The number of anilines is 1. The van der Waals surface area contributed by atoms with Gasteiger partial charge < -0.3 is 24.6 Å². The van der Waals surface area contributed by atoms with Crippen LogP contribution in [0.1, 0.15) is 33.8 Å². The number of hydrogen-bond acceptors (Lipinski definition) is 4. The van der Waals surface area contributed by atoms with Gasteiger partial charge in [-0.05, 0) is 66.8 Å². The number of thiocarbonyl (C=S) groups is 1. The van der Waals surface area contributed by atoms with Gasteiger partial charge in [-0.2, -0.15) is 0 Å². The highest BCUT2D eigenvalue weighted by molar-refractivity contribution is 7.80. The van der Waals surface area contributed by atoms with Gasteiger partial charge in [-0.15, -0.1) is 0 Å². The molecular weight excluding hydrogens is 448 g/mol. The van der Waals surface area contributed by atoms with Crippen LogP contribution in [0, 0.1) is 0 Å². The van der Waals surface area contributed by atoms with Gasteiger partial charge in [0.1, 0.15) is 11.8 Å². The third kappa shape index (κ3) is 3.88. The number of benzene rings is 2. The van der Waals surface area contributed by atoms with Crippen LogP contribution in [0.2, 0.25) is 0 Å². The first-order valence-corrected chi connectivity index (χ1v) is 11.1. The number of ether oxygens (including phenoxy) is 1. The van der Waals surface area contributed by atoms with Crippen LogP contribution in [-0.2, 0) is 0 Å². The third-order valence-electron chi connectivity index (χ3n) is 5.88. The van der Waals surface area contributed by atoms with Crippen molar-refractivity contribution in [1.82, 2.24) is 14.9 Å². The molecule has 0 bridgehead atoms. The second-order valence-corrected chi connectivity index (χ2v) is 8.24. The Bertz CT molecular complexity index is 1350. The topological polar surface area (TPSA) is 79.6 Å². The second-order valence-electron chi connectivity index (χ2n) is 7.86. The van der Waals surface area contributed by atoms with E-state index < -0.39 is 5.97 Å². The molecule has 5 rings (SSSR count). The lowest BCUT2D eigenvalue weighted by Crippen LogP contribution is -2.30. The Labute approximate surface area is 202 Å². The van der Waals surface area contributed by atoms with E-state index in [0.717, 1.165) is 28.5 Å². The molecule has 4 aromatic rings. The minimum absolute atomic E-state index is 0.225. The molecule has 0 saturated carbocycles. The molecule has 1 aliphatic heterocycles. The second kappa shape index (κ2) is 8.99. The molecule has 0 radical (unpaired) electrons. The first kappa shape index (κ1) is 21.7. The number of hydrogen-bond donors (Lipinski definition) is 2. The zero-order chi connectivity index (χ0) is 23.7. The van der Waals surface area contributed by atoms with Crippen LogP contribution in [0.5, 0.6) is 5.75 Å². The molecule has 34 heavy (non-hydrogen) atoms. The molecule has 7 nitrogen and oxygen atoms in total. The normalized spacial score (nSPS) is 17.4. The molecule has 2 aromatic carbocycles. The Morgan fingerprint density at radius 1 is 1.03 bits per heavy atom. The molecule has 1 fully saturated rings. The minimum Gasteiger partial charge on any atom is -0.497 e. The average Bonchev–Trinajstić information content (AvgIpc) is 3.49. The molecule has 0 aliphatic carbocycles. The predicted octanol–water partition coefficient (Wildman–Crippen LogP) is 4.76. The van der Waals surface area contributed by atoms with Gasteiger partial charge in [0.25, 0.3) is 0 Å². The van der Waals surface area contributed by atoms with Gasteiger partial charge in [0.2, 0.25) is 0 Å². The highest BCUT2D eigenvalue weighted by Gasteiger charge is 2.42. The summed E-state index contributed by atoms with van der Waals surface area (Å²) in [6.45, 7) is 0. The lowest BCUT2D eigenvalue weighted by molar-refractivity contribution is 0.0697. The molecule has 0 amide bonds. The van der Waals surface area contributed by atoms with Crippen LogP contribution >= 0.6 is 12.2 Å². The number of pyridine rings is 1. The zero-order valence-electron chi connectivity index (χ0n) is 18.3. The summed E-state index contributed by atoms with van der Waals surface area (Å²) in [5, 5.41) is 13.5. The van der Waals surface area contributed by atoms with Crippen LogP contribution in [-0.4, -0.2) is 32.8 Å². The maximum Gasteiger partial charge on any atom is 0.335 e. The van der Waals surface area contributed by atoms with Crippen LogP contribution < -0.4 is 15.0 Å². The largest absolute Gasteiger partial charge is 0.497 e. The Morgan fingerprint density at radius 2 is 1.85 bits per heavy atom. The van der Waals surface area contributed by atoms with E-state index in [1.54, 1.807) is 31.5 Å². The lowest BCUT2D eigenvalue weighted by Gasteiger charge is -2.29. The van der Waals surface area contributed by atoms with Crippen molar-refractivity contribution in [1.29, 1.82) is 0 Å². The van der Waals surface area contributed by atoms with E-state index in [9.17, 15) is 9.90 Å². The molecule has 1 aliphatic rings. The third-order valence-corrected chi connectivity index (χ3v) is 6.20. The molecule has 0 unspecified atom stereocenters. The van der Waals surface area contributed by atoms with E-state index in [1.807, 2.05) is 71.4 Å². The summed E-state index contributed by atoms with van der Waals surface area (Å²) in [6, 6.07) is 23.9. The zero-order valence-corrected chi connectivity index (χ0v) is 19.1. The average molecular weight is 471 g/mol. The maximum atomic E-state index is 11.6. The minimum atomic E-state index is -0.969. The first-order chi connectivity index (χ1) is 16.6. The van der Waals surface area contributed by atoms with Gasteiger partial charge >= 0.3 is 5.97 Å². The maximum absolute atomic E-state index is 11.6. The highest BCUT2D eigenvalue weighted by atomic mass is 32.1. The summed E-state index contributed by atoms with van der Waals surface area (Å²) in [7, 11) is 1.63. The number of aromatic carboxylic acids is 1. The van der Waals surface area contributed by atoms with Gasteiger partial charge in [0, 0.05) is 35.5 Å². The molecule has 1 saturated heterocycles. The molecular formula is C26H22N4O3S. The fourth-order valence-corrected chi connectivity index (χ4v) is 4.70. The summed E-state index contributed by atoms with van der Waals surface area (Å²) in [4.78, 5) is 18.2. The number of nitrogens with zero attached hydrogens (tertiary/aromatic N) is 3. The molecule has 0 spiro atoms. The molecule has 8 heteroatoms. The number of carboxylic acid groups (broad SMARTS) is 1. The van der Waals surface area contributed by atoms with E-state index in [1.165, 1.54) is 0 Å². The van der Waals surface area contributed by atoms with Crippen molar-refractivity contribution in [2.45, 2.75) is 12.1 Å². The van der Waals surface area contributed by atoms with E-state index in [-0.39, 0.29) is 17.6 Å². The van der Waals surface area contributed by atoms with Crippen molar-refractivity contribution < 1.29 is 14.6 Å². The smallest absolute Gasteiger partial charge is 0.335 e. The van der Waals surface area contributed by atoms with Gasteiger partial charge in [0.05, 0.1) is 24.4 Å². The van der Waals surface area contributed by atoms with Crippen molar-refractivity contribution in [2.75, 3.05) is 12.0 Å². The number of carboxylic acids is 1. The summed E-state index contributed by atoms with van der Waals surface area (Å²) >= 11 is 5.80. The lowest BCUT2D eigenvalue weighted by atomic mass is 10.0. The van der Waals surface area contributed by atoms with Crippen molar-refractivity contribution >= 4 is 29.0 Å². The molecule has 170 valence electrons. The van der Waals surface area contributed by atoms with E-state index >= 15 is 0 Å². The summed E-state index contributed by atoms with van der Waals surface area (Å²) in [5.74, 6) is -0.242. The van der Waals surface area contributed by atoms with Gasteiger partial charge in [-0.25, -0.2) is 4.79 Å². The number of methoxy groups -OCH3 is 1. The quantitative estimate of drug-likeness (QED) is 0.394. The summed E-state index contributed by atoms with van der Waals surface area (Å²) < 4.78 is 7.45. The molecule has 3 heterocycles. The molecule has 2 atom stereocenters. The first-order valence-electron chi connectivity index (χ1n) is 10.7. The summed E-state index contributed by atoms with van der Waals surface area (Å²) in [5.41, 5.74) is 3.65. The fraction of sp³-hybridized carbons (Fsp3) is 0.115. The fourth-order valence-electron chi connectivity index (χ4n) is 4.35. The van der Waals surface area contributed by atoms with Crippen molar-refractivity contribution in [3.05, 3.63) is 108 Å². The van der Waals surface area contributed by atoms with Gasteiger partial charge in [-0.1, -0.05) is 18.2 Å². The van der Waals surface area contributed by atoms with Gasteiger partial charge in [-0.3, -0.25) is 4.98 Å². The predicted molar refractivity (Wildman–Crippen MR) is 134 cm³/mol. The Balaban J connectivity index is 1.67. The van der Waals surface area contributed by atoms with Crippen LogP contribution in [0.3, 0.4) is 0 Å². The van der Waals surface area contributed by atoms with E-state index in [2.05, 4.69) is 15.2 Å². The number of aromatic nitrogens is 2. The Hall–Kier alpha value is -4.17. The van der Waals surface area contributed by atoms with Crippen LogP contribution in [0.4, 0.5) is 5.69 Å². The number of carbonyl (C=O) groups is 1. The van der Waals surface area contributed by atoms with Crippen molar-refractivity contribution in [2.24, 2.45) is 0 Å². The summed E-state index contributed by atoms with van der Waals surface area (Å²) in [6.07, 6.45) is 3.69. The molecule has 2 aromatic heterocycles. The SMILES string of the molecule is COc1cccc(N2C(=S)N[C@H](c3ccccn3)[C@@H]2c2cccn2-c2cccc(C(=O)O)c2)c1. The van der Waals surface area contributed by atoms with E-state index in [4.69, 9.17) is 17.0 Å². The van der Waals surface area contributed by atoms with Gasteiger partial charge in [0.15, 0.2) is 5.11 Å². The van der Waals surface area contributed by atoms with Crippen molar-refractivity contribution in [3.8, 4) is 11.4 Å². The van der Waals surface area contributed by atoms with Crippen LogP contribution in [0.15, 0.2) is 91.3 Å². The monoisotopic (exact) mass is 470 g/mol. The standard InChI is InChI=1S/C26H22N4O3S/c1-33-20-10-5-9-19(16-20)30-24(23(28-26(30)34)21-11-2-3-13-27-21)22-12-6-14-29(22)18-8-4-7-17(15-18)25(31)32/h2-16,23-24H,1H3,(H,28,34)(H,31,32)/t23-,24+/m1/s1. The highest BCUT2D eigenvalue weighted by Crippen LogP contribution is 2.42. The van der Waals surface area contributed by atoms with E-state index in [0.29, 0.717) is 5.11 Å².